The molecule has 2 N–H and O–H groups in total. The molecule has 0 radical (unpaired) electrons. The number of carboxylic acids is 1. The van der Waals surface area contributed by atoms with Crippen molar-refractivity contribution in [2.75, 3.05) is 5.32 Å². The molecular weight excluding hydrogens is 305 g/mol. The number of hydrogen-bond donors (Lipinski definition) is 2. The largest absolute Gasteiger partial charge is 0.476 e. The first-order valence-corrected chi connectivity index (χ1v) is 6.34. The maximum absolute atomic E-state index is 12.2. The van der Waals surface area contributed by atoms with Gasteiger partial charge in [0.05, 0.1) is 6.54 Å². The lowest BCUT2D eigenvalue weighted by Gasteiger charge is -1.99. The molecule has 0 saturated carbocycles. The summed E-state index contributed by atoms with van der Waals surface area (Å²) in [6.07, 6.45) is -4.58. The molecule has 0 fully saturated rings. The Hall–Kier alpha value is -1.75. The van der Waals surface area contributed by atoms with Crippen LogP contribution in [0.1, 0.15) is 21.3 Å². The van der Waals surface area contributed by atoms with Crippen molar-refractivity contribution in [2.24, 2.45) is 0 Å². The fraction of sp³-hybridized carbons (Fsp3) is 0.250. The molecule has 0 amide bonds. The van der Waals surface area contributed by atoms with Gasteiger partial charge in [-0.3, -0.25) is 0 Å². The third-order valence-electron chi connectivity index (χ3n) is 1.84. The van der Waals surface area contributed by atoms with Gasteiger partial charge in [-0.25, -0.2) is 9.78 Å². The molecule has 0 atom stereocenters. The molecule has 0 bridgehead atoms. The van der Waals surface area contributed by atoms with Crippen molar-refractivity contribution in [3.8, 4) is 0 Å². The number of nitrogens with one attached hydrogen (secondary N) is 1. The number of halogens is 3. The quantitative estimate of drug-likeness (QED) is 0.901. The minimum Gasteiger partial charge on any atom is -0.476 e. The number of rotatable bonds is 4. The van der Waals surface area contributed by atoms with Crippen LogP contribution < -0.4 is 5.32 Å². The third kappa shape index (κ3) is 3.38. The van der Waals surface area contributed by atoms with Gasteiger partial charge < -0.3 is 10.4 Å². The van der Waals surface area contributed by atoms with Gasteiger partial charge in [-0.2, -0.15) is 22.5 Å². The number of carboxylic acid groups (broad SMARTS) is 1. The Morgan fingerprint density at radius 1 is 1.42 bits per heavy atom. The van der Waals surface area contributed by atoms with E-state index in [0.29, 0.717) is 16.5 Å². The molecule has 11 heteroatoms. The van der Waals surface area contributed by atoms with Crippen molar-refractivity contribution in [1.29, 1.82) is 0 Å². The van der Waals surface area contributed by atoms with E-state index in [1.165, 1.54) is 5.38 Å². The minimum absolute atomic E-state index is 0.000556. The summed E-state index contributed by atoms with van der Waals surface area (Å²) in [6, 6.07) is 0. The summed E-state index contributed by atoms with van der Waals surface area (Å²) in [6.45, 7) is 0.0877. The molecule has 102 valence electrons. The first kappa shape index (κ1) is 13.7. The fourth-order valence-electron chi connectivity index (χ4n) is 1.05. The Morgan fingerprint density at radius 3 is 2.68 bits per heavy atom. The maximum Gasteiger partial charge on any atom is 0.452 e. The minimum atomic E-state index is -4.58. The lowest BCUT2D eigenvalue weighted by atomic mass is 10.5. The summed E-state index contributed by atoms with van der Waals surface area (Å²) in [4.78, 5) is 17.6. The van der Waals surface area contributed by atoms with E-state index in [9.17, 15) is 18.0 Å². The first-order chi connectivity index (χ1) is 8.86. The van der Waals surface area contributed by atoms with E-state index in [1.807, 2.05) is 0 Å². The topological polar surface area (TPSA) is 88.0 Å². The summed E-state index contributed by atoms with van der Waals surface area (Å²) in [5.74, 6) is -2.36. The summed E-state index contributed by atoms with van der Waals surface area (Å²) < 4.78 is 39.9. The molecule has 2 aromatic heterocycles. The van der Waals surface area contributed by atoms with Crippen LogP contribution in [0.4, 0.5) is 18.3 Å². The van der Waals surface area contributed by atoms with Gasteiger partial charge in [0.25, 0.3) is 0 Å². The van der Waals surface area contributed by atoms with Crippen molar-refractivity contribution in [3.05, 3.63) is 21.9 Å². The molecule has 0 aromatic carbocycles. The number of nitrogens with zero attached hydrogens (tertiary/aromatic N) is 3. The lowest BCUT2D eigenvalue weighted by Crippen LogP contribution is -2.07. The zero-order valence-corrected chi connectivity index (χ0v) is 10.6. The van der Waals surface area contributed by atoms with E-state index in [0.717, 1.165) is 11.3 Å². The Morgan fingerprint density at radius 2 is 2.16 bits per heavy atom. The van der Waals surface area contributed by atoms with Crippen molar-refractivity contribution >= 4 is 34.0 Å². The molecule has 0 saturated heterocycles. The van der Waals surface area contributed by atoms with Gasteiger partial charge in [0.15, 0.2) is 5.69 Å². The smallest absolute Gasteiger partial charge is 0.452 e. The Kier molecular flexibility index (Phi) is 3.66. The van der Waals surface area contributed by atoms with Gasteiger partial charge in [0.2, 0.25) is 11.0 Å². The number of anilines is 1. The van der Waals surface area contributed by atoms with Crippen LogP contribution in [-0.2, 0) is 12.7 Å². The summed E-state index contributed by atoms with van der Waals surface area (Å²) >= 11 is 1.67. The standard InChI is InChI=1S/C8H5F3N4O2S2/c9-8(10,11)6-14-7(19-15-6)12-1-4-13-3(2-18-4)5(16)17/h2H,1H2,(H,16,17)(H,12,14,15). The van der Waals surface area contributed by atoms with Crippen molar-refractivity contribution < 1.29 is 23.1 Å². The Labute approximate surface area is 112 Å². The number of thiazole rings is 1. The second kappa shape index (κ2) is 5.09. The lowest BCUT2D eigenvalue weighted by molar-refractivity contribution is -0.144. The van der Waals surface area contributed by atoms with Crippen LogP contribution in [0.5, 0.6) is 0 Å². The van der Waals surface area contributed by atoms with E-state index in [1.54, 1.807) is 0 Å². The van der Waals surface area contributed by atoms with Crippen LogP contribution in [0.25, 0.3) is 0 Å². The predicted molar refractivity (Wildman–Crippen MR) is 61.3 cm³/mol. The van der Waals surface area contributed by atoms with Gasteiger partial charge in [-0.1, -0.05) is 0 Å². The van der Waals surface area contributed by atoms with Crippen molar-refractivity contribution in [1.82, 2.24) is 14.3 Å². The highest BCUT2D eigenvalue weighted by atomic mass is 32.1. The molecule has 0 spiro atoms. The van der Waals surface area contributed by atoms with Crippen LogP contribution >= 0.6 is 22.9 Å². The van der Waals surface area contributed by atoms with Crippen LogP contribution in [-0.4, -0.2) is 25.4 Å². The number of alkyl halides is 3. The monoisotopic (exact) mass is 310 g/mol. The molecule has 2 heterocycles. The number of hydrogen-bond acceptors (Lipinski definition) is 7. The van der Waals surface area contributed by atoms with E-state index < -0.39 is 18.0 Å². The average molecular weight is 310 g/mol. The van der Waals surface area contributed by atoms with Crippen LogP contribution in [0, 0.1) is 0 Å². The van der Waals surface area contributed by atoms with E-state index in [2.05, 4.69) is 19.7 Å². The molecule has 0 unspecified atom stereocenters. The fourth-order valence-corrected chi connectivity index (χ4v) is 2.34. The second-order valence-electron chi connectivity index (χ2n) is 3.21. The van der Waals surface area contributed by atoms with Crippen LogP contribution in [0.15, 0.2) is 5.38 Å². The number of aromatic nitrogens is 3. The van der Waals surface area contributed by atoms with Crippen LogP contribution in [0.3, 0.4) is 0 Å². The highest BCUT2D eigenvalue weighted by Crippen LogP contribution is 2.29. The number of carbonyl (C=O) groups is 1. The van der Waals surface area contributed by atoms with Gasteiger partial charge >= 0.3 is 12.1 Å². The molecule has 0 aliphatic carbocycles. The molecule has 6 nitrogen and oxygen atoms in total. The molecule has 0 aliphatic rings. The van der Waals surface area contributed by atoms with E-state index in [-0.39, 0.29) is 17.4 Å². The maximum atomic E-state index is 12.2. The zero-order valence-electron chi connectivity index (χ0n) is 8.93. The predicted octanol–water partition coefficient (Wildman–Crippen LogP) is 2.32. The molecule has 19 heavy (non-hydrogen) atoms. The molecule has 2 aromatic rings. The Balaban J connectivity index is 1.98. The van der Waals surface area contributed by atoms with Crippen molar-refractivity contribution in [2.45, 2.75) is 12.7 Å². The van der Waals surface area contributed by atoms with Crippen molar-refractivity contribution in [3.63, 3.8) is 0 Å². The SMILES string of the molecule is O=C(O)c1csc(CNc2nc(C(F)(F)F)ns2)n1. The molecule has 0 aliphatic heterocycles. The first-order valence-electron chi connectivity index (χ1n) is 4.69. The van der Waals surface area contributed by atoms with Gasteiger partial charge in [-0.15, -0.1) is 11.3 Å². The molecular formula is C8H5F3N4O2S2. The Bertz CT molecular complexity index is 595. The zero-order chi connectivity index (χ0) is 14.0. The van der Waals surface area contributed by atoms with E-state index in [4.69, 9.17) is 5.11 Å². The average Bonchev–Trinajstić information content (AvgIpc) is 2.95. The van der Waals surface area contributed by atoms with Gasteiger partial charge in [-0.05, 0) is 0 Å². The highest BCUT2D eigenvalue weighted by molar-refractivity contribution is 7.10. The number of aromatic carboxylic acids is 1. The summed E-state index contributed by atoms with van der Waals surface area (Å²) in [5.41, 5.74) is -0.102. The van der Waals surface area contributed by atoms with Crippen LogP contribution in [0.2, 0.25) is 0 Å². The summed E-state index contributed by atoms with van der Waals surface area (Å²) in [7, 11) is 0. The molecule has 2 rings (SSSR count). The normalized spacial score (nSPS) is 11.5. The van der Waals surface area contributed by atoms with E-state index >= 15 is 0 Å². The van der Waals surface area contributed by atoms with Gasteiger partial charge in [0.1, 0.15) is 5.01 Å². The summed E-state index contributed by atoms with van der Waals surface area (Å²) in [5, 5.41) is 13.0. The second-order valence-corrected chi connectivity index (χ2v) is 4.90. The third-order valence-corrected chi connectivity index (χ3v) is 3.36. The highest BCUT2D eigenvalue weighted by Gasteiger charge is 2.36. The van der Waals surface area contributed by atoms with Gasteiger partial charge in [0, 0.05) is 16.9 Å².